The number of halogens is 1. The van der Waals surface area contributed by atoms with Crippen molar-refractivity contribution >= 4 is 16.7 Å². The Hall–Kier alpha value is -2.71. The molecular weight excluding hydrogens is 443 g/mol. The number of hydrogen-bond donors (Lipinski definition) is 0. The molecule has 1 aliphatic carbocycles. The highest BCUT2D eigenvalue weighted by Crippen LogP contribution is 2.32. The van der Waals surface area contributed by atoms with Crippen LogP contribution in [0.3, 0.4) is 0 Å². The molecule has 2 aromatic heterocycles. The van der Waals surface area contributed by atoms with Gasteiger partial charge in [-0.15, -0.1) is 0 Å². The maximum atomic E-state index is 13.0. The summed E-state index contributed by atoms with van der Waals surface area (Å²) in [5.74, 6) is 1.90. The van der Waals surface area contributed by atoms with Gasteiger partial charge in [0.1, 0.15) is 18.3 Å². The van der Waals surface area contributed by atoms with Crippen LogP contribution < -0.4 is 0 Å². The maximum Gasteiger partial charge on any atom is 0.143 e. The molecule has 0 atom stereocenters. The first-order chi connectivity index (χ1) is 17.2. The van der Waals surface area contributed by atoms with E-state index in [4.69, 9.17) is 4.98 Å². The van der Waals surface area contributed by atoms with Crippen LogP contribution in [0, 0.1) is 11.8 Å². The minimum absolute atomic E-state index is 0.127. The van der Waals surface area contributed by atoms with Gasteiger partial charge in [0.25, 0.3) is 0 Å². The van der Waals surface area contributed by atoms with E-state index in [2.05, 4.69) is 32.0 Å². The molecule has 35 heavy (non-hydrogen) atoms. The molecule has 1 saturated heterocycles. The second kappa shape index (κ2) is 9.74. The lowest BCUT2D eigenvalue weighted by atomic mass is 9.90. The number of carbonyl (C=O) groups is 1. The number of piperidine rings is 1. The summed E-state index contributed by atoms with van der Waals surface area (Å²) in [4.78, 5) is 26.9. The van der Waals surface area contributed by atoms with Crippen molar-refractivity contribution in [1.29, 1.82) is 0 Å². The number of hydrogen-bond acceptors (Lipinski definition) is 6. The lowest BCUT2D eigenvalue weighted by Gasteiger charge is -2.31. The number of ketones is 1. The molecule has 0 bridgehead atoms. The molecule has 2 fully saturated rings. The third-order valence-corrected chi connectivity index (χ3v) is 7.88. The second-order valence-corrected chi connectivity index (χ2v) is 10.4. The van der Waals surface area contributed by atoms with Crippen molar-refractivity contribution in [1.82, 2.24) is 29.5 Å². The van der Waals surface area contributed by atoms with E-state index in [-0.39, 0.29) is 18.4 Å². The molecule has 6 rings (SSSR count). The topological polar surface area (TPSA) is 67.2 Å². The number of aromatic nitrogens is 4. The minimum Gasteiger partial charge on any atom is -0.303 e. The Kier molecular flexibility index (Phi) is 6.33. The molecule has 1 saturated carbocycles. The van der Waals surface area contributed by atoms with Gasteiger partial charge in [0, 0.05) is 49.2 Å². The number of Topliss-reactive ketones (excluding diaryl/α,β-unsaturated/α-hetero) is 1. The van der Waals surface area contributed by atoms with Crippen LogP contribution >= 0.6 is 0 Å². The number of fused-ring (bicyclic) bond motifs is 2. The normalized spacial score (nSPS) is 19.8. The van der Waals surface area contributed by atoms with Crippen LogP contribution in [0.4, 0.5) is 4.39 Å². The summed E-state index contributed by atoms with van der Waals surface area (Å²) in [6.07, 6.45) is 8.68. The summed E-state index contributed by atoms with van der Waals surface area (Å²) in [7, 11) is 0. The Bertz CT molecular complexity index is 1210. The largest absolute Gasteiger partial charge is 0.303 e. The summed E-state index contributed by atoms with van der Waals surface area (Å²) in [5, 5.41) is 5.51. The molecule has 0 unspecified atom stereocenters. The Labute approximate surface area is 205 Å². The van der Waals surface area contributed by atoms with Crippen molar-refractivity contribution in [3.63, 3.8) is 0 Å². The van der Waals surface area contributed by atoms with Crippen LogP contribution in [-0.4, -0.2) is 74.7 Å². The lowest BCUT2D eigenvalue weighted by molar-refractivity contribution is -0.123. The first-order valence-electron chi connectivity index (χ1n) is 13.0. The summed E-state index contributed by atoms with van der Waals surface area (Å²) >= 11 is 0. The second-order valence-electron chi connectivity index (χ2n) is 10.4. The van der Waals surface area contributed by atoms with Gasteiger partial charge >= 0.3 is 0 Å². The van der Waals surface area contributed by atoms with Crippen LogP contribution in [0.2, 0.25) is 0 Å². The monoisotopic (exact) mass is 476 g/mol. The van der Waals surface area contributed by atoms with Crippen LogP contribution in [0.5, 0.6) is 0 Å². The maximum absolute atomic E-state index is 13.0. The first kappa shape index (κ1) is 22.7. The molecule has 8 heteroatoms. The van der Waals surface area contributed by atoms with Crippen LogP contribution in [0.15, 0.2) is 30.6 Å². The van der Waals surface area contributed by atoms with Crippen molar-refractivity contribution in [2.24, 2.45) is 11.8 Å². The predicted molar refractivity (Wildman–Crippen MR) is 133 cm³/mol. The van der Waals surface area contributed by atoms with Gasteiger partial charge in [-0.3, -0.25) is 14.4 Å². The van der Waals surface area contributed by atoms with E-state index in [1.54, 1.807) is 0 Å². The van der Waals surface area contributed by atoms with Crippen molar-refractivity contribution in [2.75, 3.05) is 39.4 Å². The number of carbonyl (C=O) groups excluding carboxylic acids is 1. The van der Waals surface area contributed by atoms with E-state index in [0.717, 1.165) is 72.7 Å². The van der Waals surface area contributed by atoms with E-state index < -0.39 is 0 Å². The van der Waals surface area contributed by atoms with Gasteiger partial charge in [0.05, 0.1) is 30.4 Å². The number of likely N-dealkylation sites (tertiary alicyclic amines) is 1. The zero-order valence-corrected chi connectivity index (χ0v) is 20.2. The predicted octanol–water partition coefficient (Wildman–Crippen LogP) is 3.51. The lowest BCUT2D eigenvalue weighted by Crippen LogP contribution is -2.37. The zero-order chi connectivity index (χ0) is 23.8. The third kappa shape index (κ3) is 5.00. The minimum atomic E-state index is -0.336. The quantitative estimate of drug-likeness (QED) is 0.496. The Morgan fingerprint density at radius 2 is 1.89 bits per heavy atom. The molecule has 3 aromatic rings. The molecular formula is C27H33FN6O. The number of benzene rings is 1. The van der Waals surface area contributed by atoms with Crippen molar-refractivity contribution in [2.45, 2.75) is 45.2 Å². The van der Waals surface area contributed by atoms with Crippen molar-refractivity contribution in [3.05, 3.63) is 42.1 Å². The van der Waals surface area contributed by atoms with Crippen molar-refractivity contribution < 1.29 is 9.18 Å². The van der Waals surface area contributed by atoms with Gasteiger partial charge in [0.15, 0.2) is 0 Å². The molecule has 4 heterocycles. The van der Waals surface area contributed by atoms with Crippen LogP contribution in [-0.2, 0) is 24.3 Å². The average molecular weight is 477 g/mol. The average Bonchev–Trinajstić information content (AvgIpc) is 3.59. The standard InChI is InChI=1S/C27H33FN6O/c28-7-10-33-11-12-34-25(18-33)23(16-30-34)21-3-4-22-15-29-27(31-24(22)13-21)14-26(35)20-5-8-32(9-6-20)17-19-1-2-19/h3-4,13,15-16,19-20H,1-2,5-12,14,17-18H2. The molecule has 1 aromatic carbocycles. The number of alkyl halides is 1. The number of rotatable bonds is 8. The van der Waals surface area contributed by atoms with Gasteiger partial charge in [-0.05, 0) is 56.3 Å². The summed E-state index contributed by atoms with van der Waals surface area (Å²) in [5.41, 5.74) is 4.06. The van der Waals surface area contributed by atoms with E-state index in [0.29, 0.717) is 25.3 Å². The van der Waals surface area contributed by atoms with Crippen molar-refractivity contribution in [3.8, 4) is 11.1 Å². The molecule has 0 N–H and O–H groups in total. The Morgan fingerprint density at radius 3 is 2.69 bits per heavy atom. The van der Waals surface area contributed by atoms with Gasteiger partial charge < -0.3 is 4.90 Å². The van der Waals surface area contributed by atoms with Gasteiger partial charge in [-0.1, -0.05) is 12.1 Å². The fourth-order valence-electron chi connectivity index (χ4n) is 5.57. The highest BCUT2D eigenvalue weighted by atomic mass is 19.1. The zero-order valence-electron chi connectivity index (χ0n) is 20.2. The number of nitrogens with zero attached hydrogens (tertiary/aromatic N) is 6. The van der Waals surface area contributed by atoms with Gasteiger partial charge in [-0.25, -0.2) is 14.4 Å². The van der Waals surface area contributed by atoms with Gasteiger partial charge in [0.2, 0.25) is 0 Å². The van der Waals surface area contributed by atoms with Crippen LogP contribution in [0.1, 0.15) is 37.2 Å². The molecule has 3 aliphatic rings. The van der Waals surface area contributed by atoms with E-state index in [9.17, 15) is 9.18 Å². The molecule has 184 valence electrons. The van der Waals surface area contributed by atoms with E-state index in [1.807, 2.05) is 23.1 Å². The highest BCUT2D eigenvalue weighted by Gasteiger charge is 2.29. The molecule has 2 aliphatic heterocycles. The molecule has 7 nitrogen and oxygen atoms in total. The van der Waals surface area contributed by atoms with Crippen LogP contribution in [0.25, 0.3) is 22.0 Å². The fraction of sp³-hybridized carbons (Fsp3) is 0.556. The molecule has 0 radical (unpaired) electrons. The Morgan fingerprint density at radius 1 is 1.03 bits per heavy atom. The smallest absolute Gasteiger partial charge is 0.143 e. The van der Waals surface area contributed by atoms with E-state index in [1.165, 1.54) is 19.4 Å². The first-order valence-corrected chi connectivity index (χ1v) is 13.0. The summed E-state index contributed by atoms with van der Waals surface area (Å²) in [6.45, 7) is 5.69. The highest BCUT2D eigenvalue weighted by molar-refractivity contribution is 5.86. The van der Waals surface area contributed by atoms with Gasteiger partial charge in [-0.2, -0.15) is 5.10 Å². The Balaban J connectivity index is 1.16. The molecule has 0 spiro atoms. The fourth-order valence-corrected chi connectivity index (χ4v) is 5.57. The summed E-state index contributed by atoms with van der Waals surface area (Å²) in [6, 6.07) is 6.16. The third-order valence-electron chi connectivity index (χ3n) is 7.88. The SMILES string of the molecule is O=C(Cc1ncc2ccc(-c3cnn4c3CN(CCF)CC4)cc2n1)C1CCN(CC2CC2)CC1. The molecule has 0 amide bonds. The summed E-state index contributed by atoms with van der Waals surface area (Å²) < 4.78 is 14.9. The van der Waals surface area contributed by atoms with E-state index >= 15 is 0 Å².